The topological polar surface area (TPSA) is 62.9 Å². The summed E-state index contributed by atoms with van der Waals surface area (Å²) in [6.45, 7) is 6.05. The molecule has 1 heterocycles. The van der Waals surface area contributed by atoms with E-state index in [1.165, 1.54) is 0 Å². The van der Waals surface area contributed by atoms with E-state index in [9.17, 15) is 4.79 Å². The molecular weight excluding hydrogens is 270 g/mol. The quantitative estimate of drug-likeness (QED) is 0.794. The monoisotopic (exact) mass is 291 g/mol. The summed E-state index contributed by atoms with van der Waals surface area (Å²) >= 11 is 0. The van der Waals surface area contributed by atoms with Crippen molar-refractivity contribution >= 4 is 16.9 Å². The molecule has 5 nitrogen and oxygen atoms in total. The molecule has 0 unspecified atom stereocenters. The lowest BCUT2D eigenvalue weighted by molar-refractivity contribution is 0.0489. The number of likely N-dealkylation sites (N-methyl/N-ethyl adjacent to an activating group) is 1. The normalized spacial score (nSPS) is 11.2. The van der Waals surface area contributed by atoms with Gasteiger partial charge in [-0.2, -0.15) is 0 Å². The Morgan fingerprint density at radius 2 is 2.10 bits per heavy atom. The molecule has 0 radical (unpaired) electrons. The number of carbonyl (C=O) groups excluding carboxylic acids is 1. The molecule has 2 aromatic rings. The van der Waals surface area contributed by atoms with E-state index in [2.05, 4.69) is 4.90 Å². The SMILES string of the molecule is CCOC(=O)c1oc2ccccc2c1CN(CC)CCO. The van der Waals surface area contributed by atoms with Crippen LogP contribution in [-0.4, -0.2) is 42.3 Å². The molecular formula is C16H21NO4. The minimum Gasteiger partial charge on any atom is -0.460 e. The Morgan fingerprint density at radius 3 is 2.76 bits per heavy atom. The fraction of sp³-hybridized carbons (Fsp3) is 0.438. The highest BCUT2D eigenvalue weighted by Gasteiger charge is 2.22. The number of fused-ring (bicyclic) bond motifs is 1. The van der Waals surface area contributed by atoms with E-state index in [4.69, 9.17) is 14.3 Å². The van der Waals surface area contributed by atoms with Gasteiger partial charge in [-0.3, -0.25) is 4.90 Å². The van der Waals surface area contributed by atoms with Crippen LogP contribution in [0.25, 0.3) is 11.0 Å². The molecule has 2 rings (SSSR count). The molecule has 5 heteroatoms. The van der Waals surface area contributed by atoms with Gasteiger partial charge in [0.1, 0.15) is 5.58 Å². The van der Waals surface area contributed by atoms with Crippen molar-refractivity contribution in [1.82, 2.24) is 4.90 Å². The lowest BCUT2D eigenvalue weighted by Crippen LogP contribution is -2.26. The summed E-state index contributed by atoms with van der Waals surface area (Å²) in [4.78, 5) is 14.1. The van der Waals surface area contributed by atoms with Crippen molar-refractivity contribution < 1.29 is 19.1 Å². The Labute approximate surface area is 124 Å². The molecule has 21 heavy (non-hydrogen) atoms. The predicted octanol–water partition coefficient (Wildman–Crippen LogP) is 2.42. The van der Waals surface area contributed by atoms with Crippen molar-refractivity contribution in [2.75, 3.05) is 26.3 Å². The van der Waals surface area contributed by atoms with E-state index < -0.39 is 5.97 Å². The van der Waals surface area contributed by atoms with Crippen molar-refractivity contribution in [2.24, 2.45) is 0 Å². The summed E-state index contributed by atoms with van der Waals surface area (Å²) in [5.74, 6) is -0.182. The van der Waals surface area contributed by atoms with Crippen LogP contribution < -0.4 is 0 Å². The molecule has 0 fully saturated rings. The number of aliphatic hydroxyl groups excluding tert-OH is 1. The van der Waals surface area contributed by atoms with Crippen molar-refractivity contribution in [3.63, 3.8) is 0 Å². The average molecular weight is 291 g/mol. The van der Waals surface area contributed by atoms with Gasteiger partial charge in [0.15, 0.2) is 0 Å². The summed E-state index contributed by atoms with van der Waals surface area (Å²) in [7, 11) is 0. The Bertz CT molecular complexity index is 605. The molecule has 0 aliphatic heterocycles. The Morgan fingerprint density at radius 1 is 1.33 bits per heavy atom. The van der Waals surface area contributed by atoms with Crippen LogP contribution >= 0.6 is 0 Å². The number of benzene rings is 1. The van der Waals surface area contributed by atoms with Gasteiger partial charge < -0.3 is 14.3 Å². The van der Waals surface area contributed by atoms with Crippen LogP contribution in [0.4, 0.5) is 0 Å². The zero-order valence-corrected chi connectivity index (χ0v) is 12.5. The van der Waals surface area contributed by atoms with Gasteiger partial charge in [-0.1, -0.05) is 25.1 Å². The van der Waals surface area contributed by atoms with Crippen molar-refractivity contribution in [3.8, 4) is 0 Å². The number of rotatable bonds is 7. The number of furan rings is 1. The van der Waals surface area contributed by atoms with Gasteiger partial charge in [0.05, 0.1) is 13.2 Å². The number of esters is 1. The fourth-order valence-electron chi connectivity index (χ4n) is 2.33. The summed E-state index contributed by atoms with van der Waals surface area (Å²) in [6, 6.07) is 7.56. The second-order valence-corrected chi connectivity index (χ2v) is 4.72. The van der Waals surface area contributed by atoms with Crippen LogP contribution in [0.3, 0.4) is 0 Å². The number of ether oxygens (including phenoxy) is 1. The van der Waals surface area contributed by atoms with Crippen molar-refractivity contribution in [2.45, 2.75) is 20.4 Å². The summed E-state index contributed by atoms with van der Waals surface area (Å²) < 4.78 is 10.7. The Kier molecular flexibility index (Phi) is 5.36. The number of hydrogen-bond acceptors (Lipinski definition) is 5. The maximum absolute atomic E-state index is 12.1. The summed E-state index contributed by atoms with van der Waals surface area (Å²) in [6.07, 6.45) is 0. The highest BCUT2D eigenvalue weighted by Crippen LogP contribution is 2.27. The number of aliphatic hydroxyl groups is 1. The van der Waals surface area contributed by atoms with Crippen LogP contribution in [0.5, 0.6) is 0 Å². The second kappa shape index (κ2) is 7.24. The van der Waals surface area contributed by atoms with Crippen molar-refractivity contribution in [1.29, 1.82) is 0 Å². The first kappa shape index (κ1) is 15.5. The zero-order valence-electron chi connectivity index (χ0n) is 12.5. The molecule has 1 aromatic heterocycles. The van der Waals surface area contributed by atoms with E-state index >= 15 is 0 Å². The zero-order chi connectivity index (χ0) is 15.2. The van der Waals surface area contributed by atoms with E-state index in [1.807, 2.05) is 31.2 Å². The smallest absolute Gasteiger partial charge is 0.374 e. The molecule has 0 saturated carbocycles. The fourth-order valence-corrected chi connectivity index (χ4v) is 2.33. The van der Waals surface area contributed by atoms with Gasteiger partial charge in [-0.15, -0.1) is 0 Å². The van der Waals surface area contributed by atoms with Gasteiger partial charge in [0.25, 0.3) is 0 Å². The minimum atomic E-state index is -0.441. The van der Waals surface area contributed by atoms with Crippen LogP contribution in [0.2, 0.25) is 0 Å². The van der Waals surface area contributed by atoms with E-state index in [0.29, 0.717) is 25.3 Å². The maximum Gasteiger partial charge on any atom is 0.374 e. The largest absolute Gasteiger partial charge is 0.460 e. The van der Waals surface area contributed by atoms with Crippen LogP contribution in [-0.2, 0) is 11.3 Å². The second-order valence-electron chi connectivity index (χ2n) is 4.72. The molecule has 0 atom stereocenters. The molecule has 0 aliphatic carbocycles. The first-order valence-corrected chi connectivity index (χ1v) is 7.22. The van der Waals surface area contributed by atoms with Gasteiger partial charge in [0, 0.05) is 24.0 Å². The standard InChI is InChI=1S/C16H21NO4/c1-3-17(9-10-18)11-13-12-7-5-6-8-14(12)21-15(13)16(19)20-4-2/h5-8,18H,3-4,9-11H2,1-2H3. The van der Waals surface area contributed by atoms with Gasteiger partial charge in [-0.05, 0) is 19.5 Å². The lowest BCUT2D eigenvalue weighted by atomic mass is 10.1. The summed E-state index contributed by atoms with van der Waals surface area (Å²) in [5, 5.41) is 10.0. The molecule has 1 N–H and O–H groups in total. The van der Waals surface area contributed by atoms with Gasteiger partial charge >= 0.3 is 5.97 Å². The van der Waals surface area contributed by atoms with E-state index in [1.54, 1.807) is 6.92 Å². The number of para-hydroxylation sites is 1. The Hall–Kier alpha value is -1.85. The van der Waals surface area contributed by atoms with Crippen molar-refractivity contribution in [3.05, 3.63) is 35.6 Å². The predicted molar refractivity (Wildman–Crippen MR) is 80.2 cm³/mol. The maximum atomic E-state index is 12.1. The first-order valence-electron chi connectivity index (χ1n) is 7.22. The highest BCUT2D eigenvalue weighted by atomic mass is 16.5. The first-order chi connectivity index (χ1) is 10.2. The molecule has 1 aromatic carbocycles. The molecule has 114 valence electrons. The third-order valence-corrected chi connectivity index (χ3v) is 3.40. The molecule has 0 amide bonds. The third-order valence-electron chi connectivity index (χ3n) is 3.40. The lowest BCUT2D eigenvalue weighted by Gasteiger charge is -2.18. The average Bonchev–Trinajstić information content (AvgIpc) is 2.86. The molecule has 0 bridgehead atoms. The number of nitrogens with zero attached hydrogens (tertiary/aromatic N) is 1. The van der Waals surface area contributed by atoms with Gasteiger partial charge in [0.2, 0.25) is 5.76 Å². The minimum absolute atomic E-state index is 0.0817. The van der Waals surface area contributed by atoms with E-state index in [0.717, 1.165) is 17.5 Å². The van der Waals surface area contributed by atoms with Crippen LogP contribution in [0.15, 0.2) is 28.7 Å². The van der Waals surface area contributed by atoms with Crippen LogP contribution in [0, 0.1) is 0 Å². The molecule has 0 spiro atoms. The molecule has 0 saturated heterocycles. The van der Waals surface area contributed by atoms with Crippen LogP contribution in [0.1, 0.15) is 30.0 Å². The van der Waals surface area contributed by atoms with E-state index in [-0.39, 0.29) is 12.4 Å². The summed E-state index contributed by atoms with van der Waals surface area (Å²) in [5.41, 5.74) is 1.50. The number of hydrogen-bond donors (Lipinski definition) is 1. The third kappa shape index (κ3) is 3.43. The van der Waals surface area contributed by atoms with Gasteiger partial charge in [-0.25, -0.2) is 4.79 Å². The highest BCUT2D eigenvalue weighted by molar-refractivity contribution is 5.96. The Balaban J connectivity index is 2.42. The number of carbonyl (C=O) groups is 1. The molecule has 0 aliphatic rings.